The highest BCUT2D eigenvalue weighted by molar-refractivity contribution is 6.28. The Morgan fingerprint density at radius 3 is 2.59 bits per heavy atom. The lowest BCUT2D eigenvalue weighted by Crippen LogP contribution is -2.26. The minimum absolute atomic E-state index is 0.00151. The number of hydrogen-bond acceptors (Lipinski definition) is 3. The number of carbonyl (C=O) groups is 1. The van der Waals surface area contributed by atoms with Crippen LogP contribution in [0.15, 0.2) is 12.3 Å². The lowest BCUT2D eigenvalue weighted by molar-refractivity contribution is 0.0814. The standard InChI is InChI=1S/C16H21ClN4O/c1-20(2)15(22)13-9-11-10-18-16(17)19-14(11)21(13)12-7-5-3-4-6-8-12/h9-10,12H,3-8H2,1-2H3. The SMILES string of the molecule is CN(C)C(=O)c1cc2cnc(Cl)nc2n1C1CCCCCC1. The van der Waals surface area contributed by atoms with E-state index in [9.17, 15) is 4.79 Å². The molecular weight excluding hydrogens is 300 g/mol. The summed E-state index contributed by atoms with van der Waals surface area (Å²) >= 11 is 5.98. The zero-order valence-electron chi connectivity index (χ0n) is 13.0. The highest BCUT2D eigenvalue weighted by atomic mass is 35.5. The predicted octanol–water partition coefficient (Wildman–Crippen LogP) is 3.68. The largest absolute Gasteiger partial charge is 0.343 e. The first-order valence-corrected chi connectivity index (χ1v) is 8.21. The van der Waals surface area contributed by atoms with Crippen LogP contribution in [0.3, 0.4) is 0 Å². The maximum Gasteiger partial charge on any atom is 0.270 e. The molecule has 2 aromatic heterocycles. The van der Waals surface area contributed by atoms with Crippen LogP contribution in [0, 0.1) is 0 Å². The van der Waals surface area contributed by atoms with Gasteiger partial charge in [0, 0.05) is 31.7 Å². The number of aromatic nitrogens is 3. The highest BCUT2D eigenvalue weighted by Gasteiger charge is 2.24. The van der Waals surface area contributed by atoms with Gasteiger partial charge in [-0.2, -0.15) is 4.98 Å². The van der Waals surface area contributed by atoms with Crippen molar-refractivity contribution in [2.45, 2.75) is 44.6 Å². The van der Waals surface area contributed by atoms with E-state index < -0.39 is 0 Å². The van der Waals surface area contributed by atoms with Crippen molar-refractivity contribution in [3.63, 3.8) is 0 Å². The summed E-state index contributed by atoms with van der Waals surface area (Å²) in [7, 11) is 3.55. The van der Waals surface area contributed by atoms with Crippen molar-refractivity contribution in [1.29, 1.82) is 0 Å². The first-order valence-electron chi connectivity index (χ1n) is 7.83. The molecule has 0 atom stereocenters. The van der Waals surface area contributed by atoms with Crippen molar-refractivity contribution in [1.82, 2.24) is 19.4 Å². The normalized spacial score (nSPS) is 16.7. The van der Waals surface area contributed by atoms with Gasteiger partial charge in [-0.1, -0.05) is 25.7 Å². The van der Waals surface area contributed by atoms with Crippen LogP contribution in [-0.2, 0) is 0 Å². The Kier molecular flexibility index (Phi) is 4.34. The first-order chi connectivity index (χ1) is 10.6. The Hall–Kier alpha value is -1.62. The van der Waals surface area contributed by atoms with Gasteiger partial charge in [-0.15, -0.1) is 0 Å². The van der Waals surface area contributed by atoms with Gasteiger partial charge in [-0.25, -0.2) is 4.98 Å². The topological polar surface area (TPSA) is 51.0 Å². The van der Waals surface area contributed by atoms with Gasteiger partial charge in [-0.05, 0) is 30.5 Å². The molecule has 0 aromatic carbocycles. The third-order valence-electron chi connectivity index (χ3n) is 4.36. The molecular formula is C16H21ClN4O. The lowest BCUT2D eigenvalue weighted by Gasteiger charge is -2.21. The van der Waals surface area contributed by atoms with E-state index in [2.05, 4.69) is 14.5 Å². The summed E-state index contributed by atoms with van der Waals surface area (Å²) in [5.74, 6) is -0.00151. The van der Waals surface area contributed by atoms with E-state index in [0.29, 0.717) is 11.7 Å². The minimum atomic E-state index is -0.00151. The molecule has 0 spiro atoms. The summed E-state index contributed by atoms with van der Waals surface area (Å²) in [6, 6.07) is 2.20. The fourth-order valence-corrected chi connectivity index (χ4v) is 3.40. The molecule has 2 heterocycles. The number of nitrogens with zero attached hydrogens (tertiary/aromatic N) is 4. The Morgan fingerprint density at radius 1 is 1.27 bits per heavy atom. The van der Waals surface area contributed by atoms with Gasteiger partial charge in [0.15, 0.2) is 0 Å². The summed E-state index contributed by atoms with van der Waals surface area (Å²) < 4.78 is 2.09. The molecule has 1 amide bonds. The van der Waals surface area contributed by atoms with Gasteiger partial charge in [-0.3, -0.25) is 4.79 Å². The van der Waals surface area contributed by atoms with Crippen LogP contribution in [-0.4, -0.2) is 39.4 Å². The molecule has 0 N–H and O–H groups in total. The number of rotatable bonds is 2. The summed E-state index contributed by atoms with van der Waals surface area (Å²) in [5.41, 5.74) is 1.46. The third kappa shape index (κ3) is 2.82. The van der Waals surface area contributed by atoms with Crippen molar-refractivity contribution >= 4 is 28.5 Å². The maximum absolute atomic E-state index is 12.6. The number of halogens is 1. The quantitative estimate of drug-likeness (QED) is 0.626. The molecule has 1 saturated carbocycles. The number of fused-ring (bicyclic) bond motifs is 1. The van der Waals surface area contributed by atoms with E-state index in [0.717, 1.165) is 23.9 Å². The molecule has 6 heteroatoms. The molecule has 1 fully saturated rings. The molecule has 0 aliphatic heterocycles. The van der Waals surface area contributed by atoms with Gasteiger partial charge >= 0.3 is 0 Å². The second-order valence-corrected chi connectivity index (χ2v) is 6.50. The highest BCUT2D eigenvalue weighted by Crippen LogP contribution is 2.32. The van der Waals surface area contributed by atoms with Gasteiger partial charge in [0.05, 0.1) is 0 Å². The van der Waals surface area contributed by atoms with Gasteiger partial charge < -0.3 is 9.47 Å². The monoisotopic (exact) mass is 320 g/mol. The maximum atomic E-state index is 12.6. The van der Waals surface area contributed by atoms with Crippen LogP contribution in [0.1, 0.15) is 55.1 Å². The lowest BCUT2D eigenvalue weighted by atomic mass is 10.1. The fourth-order valence-electron chi connectivity index (χ4n) is 3.27. The molecule has 0 saturated heterocycles. The van der Waals surface area contributed by atoms with Gasteiger partial charge in [0.1, 0.15) is 11.3 Å². The minimum Gasteiger partial charge on any atom is -0.343 e. The van der Waals surface area contributed by atoms with Crippen molar-refractivity contribution in [2.75, 3.05) is 14.1 Å². The van der Waals surface area contributed by atoms with Crippen LogP contribution in [0.2, 0.25) is 5.28 Å². The summed E-state index contributed by atoms with van der Waals surface area (Å²) in [4.78, 5) is 22.6. The van der Waals surface area contributed by atoms with Crippen molar-refractivity contribution in [3.05, 3.63) is 23.2 Å². The van der Waals surface area contributed by atoms with E-state index in [1.165, 1.54) is 25.7 Å². The molecule has 3 rings (SSSR count). The number of hydrogen-bond donors (Lipinski definition) is 0. The van der Waals surface area contributed by atoms with Crippen LogP contribution in [0.25, 0.3) is 11.0 Å². The molecule has 0 radical (unpaired) electrons. The first kappa shape index (κ1) is 15.3. The molecule has 1 aliphatic carbocycles. The molecule has 1 aliphatic rings. The summed E-state index contributed by atoms with van der Waals surface area (Å²) in [5, 5.41) is 1.10. The summed E-state index contributed by atoms with van der Waals surface area (Å²) in [6.07, 6.45) is 8.78. The van der Waals surface area contributed by atoms with Crippen molar-refractivity contribution in [3.8, 4) is 0 Å². The molecule has 5 nitrogen and oxygen atoms in total. The van der Waals surface area contributed by atoms with E-state index in [4.69, 9.17) is 11.6 Å². The Balaban J connectivity index is 2.16. The van der Waals surface area contributed by atoms with E-state index in [-0.39, 0.29) is 11.2 Å². The van der Waals surface area contributed by atoms with Gasteiger partial charge in [0.25, 0.3) is 5.91 Å². The Morgan fingerprint density at radius 2 is 1.95 bits per heavy atom. The van der Waals surface area contributed by atoms with Crippen LogP contribution in [0.4, 0.5) is 0 Å². The molecule has 0 unspecified atom stereocenters. The van der Waals surface area contributed by atoms with E-state index >= 15 is 0 Å². The zero-order valence-corrected chi connectivity index (χ0v) is 13.8. The van der Waals surface area contributed by atoms with Crippen molar-refractivity contribution < 1.29 is 4.79 Å². The van der Waals surface area contributed by atoms with E-state index in [1.807, 2.05) is 6.07 Å². The molecule has 2 aromatic rings. The second kappa shape index (κ2) is 6.24. The Bertz CT molecular complexity index is 687. The average Bonchev–Trinajstić information content (AvgIpc) is 2.68. The number of carbonyl (C=O) groups excluding carboxylic acids is 1. The van der Waals surface area contributed by atoms with Crippen LogP contribution < -0.4 is 0 Å². The smallest absolute Gasteiger partial charge is 0.270 e. The fraction of sp³-hybridized carbons (Fsp3) is 0.562. The average molecular weight is 321 g/mol. The second-order valence-electron chi connectivity index (χ2n) is 6.16. The molecule has 22 heavy (non-hydrogen) atoms. The Labute approximate surface area is 135 Å². The summed E-state index contributed by atoms with van der Waals surface area (Å²) in [6.45, 7) is 0. The van der Waals surface area contributed by atoms with Gasteiger partial charge in [0.2, 0.25) is 5.28 Å². The van der Waals surface area contributed by atoms with E-state index in [1.54, 1.807) is 25.2 Å². The van der Waals surface area contributed by atoms with Crippen LogP contribution >= 0.6 is 11.6 Å². The number of amides is 1. The zero-order chi connectivity index (χ0) is 15.7. The molecule has 0 bridgehead atoms. The van der Waals surface area contributed by atoms with Crippen LogP contribution in [0.5, 0.6) is 0 Å². The molecule has 118 valence electrons. The van der Waals surface area contributed by atoms with Crippen molar-refractivity contribution in [2.24, 2.45) is 0 Å². The third-order valence-corrected chi connectivity index (χ3v) is 4.54. The predicted molar refractivity (Wildman–Crippen MR) is 87.3 cm³/mol.